The summed E-state index contributed by atoms with van der Waals surface area (Å²) in [4.78, 5) is 39.2. The molecule has 1 amide bonds. The van der Waals surface area contributed by atoms with Gasteiger partial charge in [-0.05, 0) is 19.9 Å². The van der Waals surface area contributed by atoms with Crippen LogP contribution in [0.4, 0.5) is 5.69 Å². The summed E-state index contributed by atoms with van der Waals surface area (Å²) in [6.07, 6.45) is 1.10. The molecular weight excluding hydrogens is 379 g/mol. The van der Waals surface area contributed by atoms with Gasteiger partial charge in [-0.1, -0.05) is 34.8 Å². The number of ether oxygens (including phenoxy) is 1. The van der Waals surface area contributed by atoms with Crippen LogP contribution in [0, 0.1) is 5.92 Å². The minimum absolute atomic E-state index is 0.0199. The minimum atomic E-state index is -1.18. The van der Waals surface area contributed by atoms with Crippen LogP contribution in [0.15, 0.2) is 11.1 Å². The van der Waals surface area contributed by atoms with Crippen LogP contribution in [0.1, 0.15) is 24.2 Å². The molecule has 9 heteroatoms. The summed E-state index contributed by atoms with van der Waals surface area (Å²) in [5.41, 5.74) is 0.0520. The Morgan fingerprint density at radius 1 is 1.29 bits per heavy atom. The summed E-state index contributed by atoms with van der Waals surface area (Å²) < 4.78 is 4.81. The zero-order valence-electron chi connectivity index (χ0n) is 13.2. The van der Waals surface area contributed by atoms with E-state index in [0.717, 1.165) is 6.21 Å². The number of rotatable bonds is 6. The van der Waals surface area contributed by atoms with Crippen molar-refractivity contribution in [3.63, 3.8) is 0 Å². The molecule has 0 bridgehead atoms. The number of amides is 1. The van der Waals surface area contributed by atoms with Crippen molar-refractivity contribution >= 4 is 64.4 Å². The number of carbonyl (C=O) groups excluding carboxylic acids is 3. The van der Waals surface area contributed by atoms with Crippen LogP contribution >= 0.6 is 34.8 Å². The molecule has 0 fully saturated rings. The second-order valence-electron chi connectivity index (χ2n) is 4.58. The van der Waals surface area contributed by atoms with Crippen molar-refractivity contribution < 1.29 is 19.1 Å². The number of hydrogen-bond donors (Lipinski definition) is 1. The lowest BCUT2D eigenvalue weighted by Gasteiger charge is -2.11. The number of ketones is 1. The van der Waals surface area contributed by atoms with Gasteiger partial charge in [-0.3, -0.25) is 19.4 Å². The smallest absolute Gasteiger partial charge is 0.321 e. The maximum Gasteiger partial charge on any atom is 0.321 e. The second kappa shape index (κ2) is 9.01. The Hall–Kier alpha value is -1.63. The Balaban J connectivity index is 3.32. The molecule has 0 saturated carbocycles. The van der Waals surface area contributed by atoms with Crippen LogP contribution in [-0.4, -0.2) is 37.5 Å². The Morgan fingerprint density at radius 2 is 1.92 bits per heavy atom. The molecule has 0 radical (unpaired) electrons. The molecule has 6 nitrogen and oxygen atoms in total. The molecule has 0 aliphatic heterocycles. The van der Waals surface area contributed by atoms with Crippen LogP contribution in [0.25, 0.3) is 0 Å². The third-order valence-corrected chi connectivity index (χ3v) is 4.10. The SMILES string of the molecule is CCOC(=O)C(C=Nc1cc(Cl)c(Cl)c(C(=O)NC)c1Cl)C(C)=O. The Labute approximate surface area is 154 Å². The molecule has 0 aromatic heterocycles. The third kappa shape index (κ3) is 4.69. The average Bonchev–Trinajstić information content (AvgIpc) is 2.52. The largest absolute Gasteiger partial charge is 0.465 e. The highest BCUT2D eigenvalue weighted by Crippen LogP contribution is 2.38. The molecule has 1 rings (SSSR count). The number of aliphatic imine (C=N–C) groups is 1. The summed E-state index contributed by atoms with van der Waals surface area (Å²) >= 11 is 18.1. The van der Waals surface area contributed by atoms with E-state index in [2.05, 4.69) is 10.3 Å². The summed E-state index contributed by atoms with van der Waals surface area (Å²) in [5, 5.41) is 2.38. The summed E-state index contributed by atoms with van der Waals surface area (Å²) in [6.45, 7) is 2.99. The fourth-order valence-electron chi connectivity index (χ4n) is 1.73. The first-order valence-corrected chi connectivity index (χ1v) is 7.98. The summed E-state index contributed by atoms with van der Waals surface area (Å²) in [5.74, 6) is -2.90. The predicted octanol–water partition coefficient (Wildman–Crippen LogP) is 3.48. The van der Waals surface area contributed by atoms with E-state index < -0.39 is 23.6 Å². The number of Topliss-reactive ketones (excluding diaryl/α,β-unsaturated/α-hetero) is 1. The highest BCUT2D eigenvalue weighted by Gasteiger charge is 2.24. The van der Waals surface area contributed by atoms with E-state index in [1.807, 2.05) is 0 Å². The zero-order valence-corrected chi connectivity index (χ0v) is 15.4. The van der Waals surface area contributed by atoms with E-state index in [1.54, 1.807) is 6.92 Å². The van der Waals surface area contributed by atoms with Crippen LogP contribution in [0.2, 0.25) is 15.1 Å². The standard InChI is InChI=1S/C15H15Cl3N2O4/c1-4-24-15(23)8(7(2)21)6-20-10-5-9(16)12(17)11(13(10)18)14(22)19-3/h5-6,8H,4H2,1-3H3,(H,19,22). The van der Waals surface area contributed by atoms with Gasteiger partial charge in [-0.25, -0.2) is 0 Å². The van der Waals surface area contributed by atoms with Crippen LogP contribution in [0.5, 0.6) is 0 Å². The third-order valence-electron chi connectivity index (χ3n) is 2.93. The molecule has 0 heterocycles. The van der Waals surface area contributed by atoms with E-state index in [4.69, 9.17) is 39.5 Å². The van der Waals surface area contributed by atoms with Crippen molar-refractivity contribution in [1.82, 2.24) is 5.32 Å². The number of nitrogens with one attached hydrogen (secondary N) is 1. The number of nitrogens with zero attached hydrogens (tertiary/aromatic N) is 1. The molecule has 0 aliphatic carbocycles. The number of benzene rings is 1. The number of hydrogen-bond acceptors (Lipinski definition) is 5. The minimum Gasteiger partial charge on any atom is -0.465 e. The molecule has 0 spiro atoms. The highest BCUT2D eigenvalue weighted by molar-refractivity contribution is 6.47. The Morgan fingerprint density at radius 3 is 2.42 bits per heavy atom. The zero-order chi connectivity index (χ0) is 18.4. The average molecular weight is 394 g/mol. The van der Waals surface area contributed by atoms with Crippen LogP contribution < -0.4 is 5.32 Å². The van der Waals surface area contributed by atoms with Gasteiger partial charge in [0.15, 0.2) is 5.92 Å². The first-order valence-electron chi connectivity index (χ1n) is 6.85. The van der Waals surface area contributed by atoms with Gasteiger partial charge in [0.25, 0.3) is 5.91 Å². The van der Waals surface area contributed by atoms with Gasteiger partial charge >= 0.3 is 5.97 Å². The molecule has 0 aliphatic rings. The topological polar surface area (TPSA) is 84.8 Å². The molecule has 1 N–H and O–H groups in total. The van der Waals surface area contributed by atoms with Gasteiger partial charge in [0.2, 0.25) is 0 Å². The van der Waals surface area contributed by atoms with Gasteiger partial charge < -0.3 is 10.1 Å². The molecule has 1 atom stereocenters. The summed E-state index contributed by atoms with van der Waals surface area (Å²) in [6, 6.07) is 1.33. The monoisotopic (exact) mass is 392 g/mol. The van der Waals surface area contributed by atoms with Crippen LogP contribution in [-0.2, 0) is 14.3 Å². The first-order chi connectivity index (χ1) is 11.2. The first kappa shape index (κ1) is 20.4. The van der Waals surface area contributed by atoms with Gasteiger partial charge in [0.1, 0.15) is 5.78 Å². The maximum atomic E-state index is 11.9. The molecular formula is C15H15Cl3N2O4. The molecule has 130 valence electrons. The Kier molecular flexibility index (Phi) is 7.66. The number of carbonyl (C=O) groups is 3. The predicted molar refractivity (Wildman–Crippen MR) is 93.8 cm³/mol. The Bertz CT molecular complexity index is 704. The van der Waals surface area contributed by atoms with Crippen LogP contribution in [0.3, 0.4) is 0 Å². The molecule has 0 saturated heterocycles. The molecule has 1 aromatic carbocycles. The number of esters is 1. The van der Waals surface area contributed by atoms with Crippen molar-refractivity contribution in [2.45, 2.75) is 13.8 Å². The van der Waals surface area contributed by atoms with E-state index >= 15 is 0 Å². The van der Waals surface area contributed by atoms with Gasteiger partial charge in [0.05, 0.1) is 32.9 Å². The van der Waals surface area contributed by atoms with E-state index in [9.17, 15) is 14.4 Å². The van der Waals surface area contributed by atoms with E-state index in [1.165, 1.54) is 20.0 Å². The maximum absolute atomic E-state index is 11.9. The van der Waals surface area contributed by atoms with Gasteiger partial charge in [-0.15, -0.1) is 0 Å². The molecule has 24 heavy (non-hydrogen) atoms. The van der Waals surface area contributed by atoms with Gasteiger partial charge in [-0.2, -0.15) is 0 Å². The van der Waals surface area contributed by atoms with Crippen molar-refractivity contribution in [2.24, 2.45) is 10.9 Å². The normalized spacial score (nSPS) is 12.1. The van der Waals surface area contributed by atoms with Gasteiger partial charge in [0, 0.05) is 13.3 Å². The van der Waals surface area contributed by atoms with Crippen molar-refractivity contribution in [3.05, 3.63) is 26.7 Å². The highest BCUT2D eigenvalue weighted by atomic mass is 35.5. The molecule has 1 aromatic rings. The second-order valence-corrected chi connectivity index (χ2v) is 5.74. The van der Waals surface area contributed by atoms with Crippen molar-refractivity contribution in [1.29, 1.82) is 0 Å². The lowest BCUT2D eigenvalue weighted by molar-refractivity contribution is -0.148. The fraction of sp³-hybridized carbons (Fsp3) is 0.333. The fourth-order valence-corrected chi connectivity index (χ4v) is 2.49. The van der Waals surface area contributed by atoms with E-state index in [0.29, 0.717) is 0 Å². The van der Waals surface area contributed by atoms with E-state index in [-0.39, 0.29) is 32.9 Å². The van der Waals surface area contributed by atoms with Crippen molar-refractivity contribution in [3.8, 4) is 0 Å². The quantitative estimate of drug-likeness (QED) is 0.347. The molecule has 1 unspecified atom stereocenters. The number of halogens is 3. The lowest BCUT2D eigenvalue weighted by Crippen LogP contribution is -2.25. The van der Waals surface area contributed by atoms with Crippen molar-refractivity contribution in [2.75, 3.05) is 13.7 Å². The summed E-state index contributed by atoms with van der Waals surface area (Å²) in [7, 11) is 1.41. The lowest BCUT2D eigenvalue weighted by atomic mass is 10.1.